The van der Waals surface area contributed by atoms with Crippen LogP contribution < -0.4 is 9.80 Å². The maximum absolute atomic E-state index is 13.0. The van der Waals surface area contributed by atoms with E-state index in [2.05, 4.69) is 25.0 Å². The van der Waals surface area contributed by atoms with Crippen LogP contribution in [-0.2, 0) is 6.42 Å². The second-order valence-electron chi connectivity index (χ2n) is 6.06. The van der Waals surface area contributed by atoms with Gasteiger partial charge in [0.1, 0.15) is 16.6 Å². The van der Waals surface area contributed by atoms with Crippen molar-refractivity contribution < 1.29 is 4.39 Å². The Morgan fingerprint density at radius 3 is 2.46 bits per heavy atom. The van der Waals surface area contributed by atoms with Crippen LogP contribution in [0.25, 0.3) is 0 Å². The summed E-state index contributed by atoms with van der Waals surface area (Å²) in [7, 11) is 0. The molecule has 1 aliphatic heterocycles. The van der Waals surface area contributed by atoms with E-state index in [1.54, 1.807) is 29.7 Å². The predicted octanol–water partition coefficient (Wildman–Crippen LogP) is 3.64. The highest BCUT2D eigenvalue weighted by Gasteiger charge is 2.22. The number of hydrogen-bond acceptors (Lipinski definition) is 6. The Morgan fingerprint density at radius 2 is 1.73 bits per heavy atom. The van der Waals surface area contributed by atoms with Crippen LogP contribution in [0.3, 0.4) is 0 Å². The molecule has 1 fully saturated rings. The summed E-state index contributed by atoms with van der Waals surface area (Å²) in [4.78, 5) is 8.81. The largest absolute Gasteiger partial charge is 0.352 e. The van der Waals surface area contributed by atoms with E-state index in [9.17, 15) is 4.39 Å². The van der Waals surface area contributed by atoms with Crippen LogP contribution in [0.5, 0.6) is 0 Å². The number of nitrogens with zero attached hydrogens (tertiary/aromatic N) is 5. The molecule has 8 heteroatoms. The van der Waals surface area contributed by atoms with Crippen LogP contribution in [0.1, 0.15) is 10.6 Å². The minimum atomic E-state index is -0.224. The molecule has 0 amide bonds. The lowest BCUT2D eigenvalue weighted by atomic mass is 10.2. The Balaban J connectivity index is 1.38. The quantitative estimate of drug-likeness (QED) is 0.681. The molecule has 1 aliphatic rings. The molecule has 1 saturated heterocycles. The average molecular weight is 390 g/mol. The van der Waals surface area contributed by atoms with E-state index in [-0.39, 0.29) is 5.82 Å². The number of rotatable bonds is 4. The highest BCUT2D eigenvalue weighted by Crippen LogP contribution is 2.27. The van der Waals surface area contributed by atoms with Gasteiger partial charge in [-0.15, -0.1) is 10.2 Å². The van der Waals surface area contributed by atoms with Crippen molar-refractivity contribution in [1.29, 1.82) is 0 Å². The van der Waals surface area contributed by atoms with E-state index in [0.29, 0.717) is 11.4 Å². The second-order valence-corrected chi connectivity index (χ2v) is 7.51. The Hall–Kier alpha value is -2.25. The number of aromatic nitrogens is 3. The van der Waals surface area contributed by atoms with Gasteiger partial charge >= 0.3 is 0 Å². The lowest BCUT2D eigenvalue weighted by Crippen LogP contribution is -2.46. The summed E-state index contributed by atoms with van der Waals surface area (Å²) in [6, 6.07) is 10.2. The van der Waals surface area contributed by atoms with Gasteiger partial charge in [-0.25, -0.2) is 9.37 Å². The summed E-state index contributed by atoms with van der Waals surface area (Å²) in [6.45, 7) is 3.36. The van der Waals surface area contributed by atoms with Crippen molar-refractivity contribution in [3.63, 3.8) is 0 Å². The fourth-order valence-electron chi connectivity index (χ4n) is 2.94. The molecule has 4 rings (SSSR count). The van der Waals surface area contributed by atoms with E-state index >= 15 is 0 Å². The normalized spacial score (nSPS) is 14.7. The molecule has 2 aromatic heterocycles. The summed E-state index contributed by atoms with van der Waals surface area (Å²) >= 11 is 7.83. The predicted molar refractivity (Wildman–Crippen MR) is 103 cm³/mol. The smallest absolute Gasteiger partial charge is 0.208 e. The Morgan fingerprint density at radius 1 is 1.00 bits per heavy atom. The van der Waals surface area contributed by atoms with Gasteiger partial charge in [-0.2, -0.15) is 0 Å². The molecule has 0 atom stereocenters. The minimum absolute atomic E-state index is 0.224. The van der Waals surface area contributed by atoms with E-state index in [1.807, 2.05) is 12.1 Å². The number of halogens is 2. The van der Waals surface area contributed by atoms with Gasteiger partial charge in [-0.05, 0) is 29.8 Å². The summed E-state index contributed by atoms with van der Waals surface area (Å²) < 4.78 is 13.0. The number of hydrogen-bond donors (Lipinski definition) is 0. The maximum Gasteiger partial charge on any atom is 0.208 e. The third kappa shape index (κ3) is 3.78. The van der Waals surface area contributed by atoms with Crippen LogP contribution in [0.2, 0.25) is 5.02 Å². The Labute approximate surface area is 160 Å². The highest BCUT2D eigenvalue weighted by molar-refractivity contribution is 7.15. The van der Waals surface area contributed by atoms with Crippen molar-refractivity contribution in [3.8, 4) is 0 Å². The van der Waals surface area contributed by atoms with Crippen LogP contribution in [0, 0.1) is 5.82 Å². The van der Waals surface area contributed by atoms with Crippen LogP contribution in [0.15, 0.2) is 42.6 Å². The van der Waals surface area contributed by atoms with Gasteiger partial charge in [0.15, 0.2) is 0 Å². The molecule has 1 aromatic carbocycles. The average Bonchev–Trinajstić information content (AvgIpc) is 3.13. The fraction of sp³-hybridized carbons (Fsp3) is 0.278. The molecule has 0 aliphatic carbocycles. The fourth-order valence-corrected chi connectivity index (χ4v) is 4.11. The molecule has 3 heterocycles. The number of anilines is 2. The minimum Gasteiger partial charge on any atom is -0.352 e. The van der Waals surface area contributed by atoms with Crippen molar-refractivity contribution in [2.45, 2.75) is 6.42 Å². The van der Waals surface area contributed by atoms with Gasteiger partial charge in [0.25, 0.3) is 0 Å². The molecule has 0 bridgehead atoms. The lowest BCUT2D eigenvalue weighted by molar-refractivity contribution is 0.627. The highest BCUT2D eigenvalue weighted by atomic mass is 35.5. The summed E-state index contributed by atoms with van der Waals surface area (Å²) in [5.41, 5.74) is 1.03. The van der Waals surface area contributed by atoms with Gasteiger partial charge in [0, 0.05) is 38.8 Å². The molecule has 0 spiro atoms. The maximum atomic E-state index is 13.0. The second kappa shape index (κ2) is 7.55. The molecule has 0 N–H and O–H groups in total. The van der Waals surface area contributed by atoms with Crippen molar-refractivity contribution >= 4 is 33.9 Å². The third-order valence-corrected chi connectivity index (χ3v) is 5.59. The van der Waals surface area contributed by atoms with E-state index in [0.717, 1.165) is 47.7 Å². The zero-order valence-electron chi connectivity index (χ0n) is 14.0. The molecule has 134 valence electrons. The molecular formula is C18H17ClFN5S. The van der Waals surface area contributed by atoms with Crippen molar-refractivity contribution in [2.24, 2.45) is 0 Å². The molecule has 3 aromatic rings. The molecule has 0 unspecified atom stereocenters. The summed E-state index contributed by atoms with van der Waals surface area (Å²) in [5.74, 6) is 0.612. The lowest BCUT2D eigenvalue weighted by Gasteiger charge is -2.35. The molecule has 0 radical (unpaired) electrons. The number of pyridine rings is 1. The van der Waals surface area contributed by atoms with Crippen molar-refractivity contribution in [1.82, 2.24) is 15.2 Å². The van der Waals surface area contributed by atoms with E-state index < -0.39 is 0 Å². The van der Waals surface area contributed by atoms with Gasteiger partial charge in [0.2, 0.25) is 5.13 Å². The van der Waals surface area contributed by atoms with E-state index in [1.165, 1.54) is 12.1 Å². The SMILES string of the molecule is Fc1ccc(Cc2nnc(N3CCN(c4ncccc4Cl)CC3)s2)cc1. The van der Waals surface area contributed by atoms with Gasteiger partial charge < -0.3 is 9.80 Å². The molecule has 26 heavy (non-hydrogen) atoms. The summed E-state index contributed by atoms with van der Waals surface area (Å²) in [6.07, 6.45) is 2.43. The van der Waals surface area contributed by atoms with Crippen LogP contribution >= 0.6 is 22.9 Å². The van der Waals surface area contributed by atoms with Crippen LogP contribution in [-0.4, -0.2) is 41.4 Å². The van der Waals surface area contributed by atoms with Crippen LogP contribution in [0.4, 0.5) is 15.3 Å². The number of piperazine rings is 1. The Kier molecular flexibility index (Phi) is 4.99. The first-order valence-electron chi connectivity index (χ1n) is 8.36. The third-order valence-electron chi connectivity index (χ3n) is 4.31. The molecule has 0 saturated carbocycles. The van der Waals surface area contributed by atoms with E-state index in [4.69, 9.17) is 11.6 Å². The zero-order chi connectivity index (χ0) is 17.9. The standard InChI is InChI=1S/C18H17ClFN5S/c19-15-2-1-7-21-17(15)24-8-10-25(11-9-24)18-23-22-16(26-18)12-13-3-5-14(20)6-4-13/h1-7H,8-12H2. The van der Waals surface area contributed by atoms with Gasteiger partial charge in [0.05, 0.1) is 5.02 Å². The first kappa shape index (κ1) is 17.2. The first-order valence-corrected chi connectivity index (χ1v) is 9.56. The van der Waals surface area contributed by atoms with Crippen molar-refractivity contribution in [2.75, 3.05) is 36.0 Å². The number of benzene rings is 1. The van der Waals surface area contributed by atoms with Gasteiger partial charge in [-0.1, -0.05) is 35.1 Å². The van der Waals surface area contributed by atoms with Crippen molar-refractivity contribution in [3.05, 3.63) is 64.0 Å². The Bertz CT molecular complexity index is 877. The molecule has 5 nitrogen and oxygen atoms in total. The van der Waals surface area contributed by atoms with Gasteiger partial charge in [-0.3, -0.25) is 0 Å². The first-order chi connectivity index (χ1) is 12.7. The summed E-state index contributed by atoms with van der Waals surface area (Å²) in [5, 5.41) is 11.2. The molecular weight excluding hydrogens is 373 g/mol. The topological polar surface area (TPSA) is 45.2 Å². The zero-order valence-corrected chi connectivity index (χ0v) is 15.5. The monoisotopic (exact) mass is 389 g/mol.